The summed E-state index contributed by atoms with van der Waals surface area (Å²) in [4.78, 5) is 10.3. The first-order valence-electron chi connectivity index (χ1n) is 4.59. The van der Waals surface area contributed by atoms with Crippen molar-refractivity contribution in [3.63, 3.8) is 0 Å². The third kappa shape index (κ3) is 2.44. The van der Waals surface area contributed by atoms with Gasteiger partial charge in [-0.1, -0.05) is 18.2 Å². The molecule has 0 aromatic heterocycles. The van der Waals surface area contributed by atoms with Crippen LogP contribution in [0.1, 0.15) is 5.56 Å². The summed E-state index contributed by atoms with van der Waals surface area (Å²) in [5, 5.41) is 0. The number of ether oxygens (including phenoxy) is 1. The quantitative estimate of drug-likeness (QED) is 0.756. The van der Waals surface area contributed by atoms with Gasteiger partial charge in [0, 0.05) is 5.56 Å². The molecule has 2 nitrogen and oxygen atoms in total. The van der Waals surface area contributed by atoms with Crippen LogP contribution < -0.4 is 4.74 Å². The van der Waals surface area contributed by atoms with Gasteiger partial charge in [-0.05, 0) is 36.4 Å². The molecule has 0 amide bonds. The molecular formula is C13H9O2. The fourth-order valence-electron chi connectivity index (χ4n) is 1.22. The van der Waals surface area contributed by atoms with Gasteiger partial charge in [-0.2, -0.15) is 0 Å². The highest BCUT2D eigenvalue weighted by Crippen LogP contribution is 2.20. The molecule has 0 aliphatic heterocycles. The SMILES string of the molecule is O=[C]c1ccc(Oc2ccccc2)cc1. The number of para-hydroxylation sites is 1. The molecule has 0 aliphatic rings. The van der Waals surface area contributed by atoms with Crippen LogP contribution in [0.3, 0.4) is 0 Å². The minimum atomic E-state index is 0.524. The molecule has 0 heterocycles. The van der Waals surface area contributed by atoms with Gasteiger partial charge in [0.15, 0.2) is 0 Å². The van der Waals surface area contributed by atoms with Gasteiger partial charge in [0.05, 0.1) is 0 Å². The average Bonchev–Trinajstić information content (AvgIpc) is 2.31. The largest absolute Gasteiger partial charge is 0.457 e. The molecule has 0 fully saturated rings. The van der Waals surface area contributed by atoms with Crippen LogP contribution in [-0.4, -0.2) is 6.29 Å². The van der Waals surface area contributed by atoms with Gasteiger partial charge in [0.1, 0.15) is 11.5 Å². The Morgan fingerprint density at radius 2 is 1.40 bits per heavy atom. The highest BCUT2D eigenvalue weighted by atomic mass is 16.5. The van der Waals surface area contributed by atoms with Crippen molar-refractivity contribution < 1.29 is 9.53 Å². The van der Waals surface area contributed by atoms with Gasteiger partial charge < -0.3 is 4.74 Å². The number of carbonyl (C=O) groups excluding carboxylic acids is 1. The van der Waals surface area contributed by atoms with E-state index in [0.29, 0.717) is 11.3 Å². The van der Waals surface area contributed by atoms with E-state index in [9.17, 15) is 4.79 Å². The predicted octanol–water partition coefficient (Wildman–Crippen LogP) is 2.94. The van der Waals surface area contributed by atoms with E-state index in [2.05, 4.69) is 0 Å². The minimum absolute atomic E-state index is 0.524. The zero-order valence-electron chi connectivity index (χ0n) is 8.01. The molecule has 1 radical (unpaired) electrons. The van der Waals surface area contributed by atoms with Crippen molar-refractivity contribution >= 4 is 6.29 Å². The van der Waals surface area contributed by atoms with Gasteiger partial charge >= 0.3 is 0 Å². The summed E-state index contributed by atoms with van der Waals surface area (Å²) in [5.41, 5.74) is 0.524. The molecule has 0 atom stereocenters. The van der Waals surface area contributed by atoms with Crippen LogP contribution in [0.15, 0.2) is 54.6 Å². The standard InChI is InChI=1S/C13H9O2/c14-10-11-6-8-13(9-7-11)15-12-4-2-1-3-5-12/h1-9H. The fourth-order valence-corrected chi connectivity index (χ4v) is 1.22. The lowest BCUT2D eigenvalue weighted by Crippen LogP contribution is -1.84. The molecule has 2 rings (SSSR count). The Bertz CT molecular complexity index is 432. The molecular weight excluding hydrogens is 188 g/mol. The topological polar surface area (TPSA) is 26.3 Å². The normalized spacial score (nSPS) is 9.60. The lowest BCUT2D eigenvalue weighted by Gasteiger charge is -2.04. The Morgan fingerprint density at radius 3 is 2.00 bits per heavy atom. The molecule has 0 spiro atoms. The van der Waals surface area contributed by atoms with Crippen molar-refractivity contribution in [2.45, 2.75) is 0 Å². The van der Waals surface area contributed by atoms with E-state index in [1.54, 1.807) is 24.3 Å². The van der Waals surface area contributed by atoms with Crippen LogP contribution in [0.4, 0.5) is 0 Å². The molecule has 0 bridgehead atoms. The minimum Gasteiger partial charge on any atom is -0.457 e. The van der Waals surface area contributed by atoms with Crippen molar-refractivity contribution in [3.8, 4) is 11.5 Å². The van der Waals surface area contributed by atoms with E-state index < -0.39 is 0 Å². The monoisotopic (exact) mass is 197 g/mol. The first-order chi connectivity index (χ1) is 7.38. The number of hydrogen-bond acceptors (Lipinski definition) is 2. The van der Waals surface area contributed by atoms with E-state index in [-0.39, 0.29) is 0 Å². The number of hydrogen-bond donors (Lipinski definition) is 0. The van der Waals surface area contributed by atoms with Crippen LogP contribution in [0.5, 0.6) is 11.5 Å². The molecule has 2 aromatic carbocycles. The molecule has 0 aliphatic carbocycles. The summed E-state index contributed by atoms with van der Waals surface area (Å²) in [5.74, 6) is 1.49. The average molecular weight is 197 g/mol. The summed E-state index contributed by atoms with van der Waals surface area (Å²) in [6.07, 6.45) is 1.81. The second-order valence-corrected chi connectivity index (χ2v) is 3.04. The smallest absolute Gasteiger partial charge is 0.233 e. The molecule has 0 saturated heterocycles. The highest BCUT2D eigenvalue weighted by molar-refractivity contribution is 5.75. The molecule has 0 N–H and O–H groups in total. The number of rotatable bonds is 3. The summed E-state index contributed by atoms with van der Waals surface area (Å²) in [7, 11) is 0. The van der Waals surface area contributed by atoms with E-state index in [0.717, 1.165) is 5.75 Å². The van der Waals surface area contributed by atoms with Gasteiger partial charge in [-0.25, -0.2) is 0 Å². The lowest BCUT2D eigenvalue weighted by atomic mass is 10.2. The molecule has 73 valence electrons. The van der Waals surface area contributed by atoms with E-state index in [4.69, 9.17) is 4.74 Å². The number of benzene rings is 2. The highest BCUT2D eigenvalue weighted by Gasteiger charge is 1.96. The Kier molecular flexibility index (Phi) is 2.79. The van der Waals surface area contributed by atoms with Crippen LogP contribution in [0.2, 0.25) is 0 Å². The zero-order chi connectivity index (χ0) is 10.5. The van der Waals surface area contributed by atoms with E-state index in [1.165, 1.54) is 0 Å². The molecule has 2 aromatic rings. The second-order valence-electron chi connectivity index (χ2n) is 3.04. The van der Waals surface area contributed by atoms with Crippen molar-refractivity contribution in [3.05, 3.63) is 60.2 Å². The second kappa shape index (κ2) is 4.42. The Morgan fingerprint density at radius 1 is 0.800 bits per heavy atom. The summed E-state index contributed by atoms with van der Waals surface area (Å²) in [6.45, 7) is 0. The Balaban J connectivity index is 2.15. The van der Waals surface area contributed by atoms with Crippen LogP contribution in [0, 0.1) is 0 Å². The van der Waals surface area contributed by atoms with E-state index in [1.807, 2.05) is 36.6 Å². The Hall–Kier alpha value is -2.09. The summed E-state index contributed by atoms with van der Waals surface area (Å²) in [6, 6.07) is 16.3. The van der Waals surface area contributed by atoms with Gasteiger partial charge in [0.2, 0.25) is 6.29 Å². The van der Waals surface area contributed by atoms with Crippen LogP contribution in [-0.2, 0) is 4.79 Å². The summed E-state index contributed by atoms with van der Waals surface area (Å²) >= 11 is 0. The third-order valence-corrected chi connectivity index (χ3v) is 1.95. The van der Waals surface area contributed by atoms with Gasteiger partial charge in [-0.3, -0.25) is 4.79 Å². The predicted molar refractivity (Wildman–Crippen MR) is 57.8 cm³/mol. The fraction of sp³-hybridized carbons (Fsp3) is 0. The zero-order valence-corrected chi connectivity index (χ0v) is 8.01. The Labute approximate surface area is 88.1 Å². The van der Waals surface area contributed by atoms with Crippen LogP contribution >= 0.6 is 0 Å². The van der Waals surface area contributed by atoms with Crippen molar-refractivity contribution in [2.24, 2.45) is 0 Å². The van der Waals surface area contributed by atoms with E-state index >= 15 is 0 Å². The third-order valence-electron chi connectivity index (χ3n) is 1.95. The molecule has 0 saturated carbocycles. The van der Waals surface area contributed by atoms with Gasteiger partial charge in [-0.15, -0.1) is 0 Å². The van der Waals surface area contributed by atoms with Crippen LogP contribution in [0.25, 0.3) is 0 Å². The first-order valence-corrected chi connectivity index (χ1v) is 4.59. The maximum Gasteiger partial charge on any atom is 0.233 e. The van der Waals surface area contributed by atoms with Crippen molar-refractivity contribution in [2.75, 3.05) is 0 Å². The lowest BCUT2D eigenvalue weighted by molar-refractivity contribution is 0.482. The first kappa shape index (κ1) is 9.46. The van der Waals surface area contributed by atoms with Crippen molar-refractivity contribution in [1.82, 2.24) is 0 Å². The summed E-state index contributed by atoms with van der Waals surface area (Å²) < 4.78 is 5.55. The van der Waals surface area contributed by atoms with Gasteiger partial charge in [0.25, 0.3) is 0 Å². The molecule has 0 unspecified atom stereocenters. The molecule has 15 heavy (non-hydrogen) atoms. The maximum absolute atomic E-state index is 10.3. The maximum atomic E-state index is 10.3. The molecule has 2 heteroatoms. The van der Waals surface area contributed by atoms with Crippen molar-refractivity contribution in [1.29, 1.82) is 0 Å².